The number of hydrogen-bond donors (Lipinski definition) is 1. The Balaban J connectivity index is 2.60. The van der Waals surface area contributed by atoms with Gasteiger partial charge in [-0.3, -0.25) is 0 Å². The van der Waals surface area contributed by atoms with Crippen molar-refractivity contribution in [3.8, 4) is 6.07 Å². The Morgan fingerprint density at radius 2 is 2.00 bits per heavy atom. The van der Waals surface area contributed by atoms with E-state index >= 15 is 0 Å². The molecule has 0 radical (unpaired) electrons. The van der Waals surface area contributed by atoms with Gasteiger partial charge in [0.25, 0.3) is 0 Å². The summed E-state index contributed by atoms with van der Waals surface area (Å²) in [4.78, 5) is 4.12. The Morgan fingerprint density at radius 3 is 2.46 bits per heavy atom. The zero-order valence-corrected chi connectivity index (χ0v) is 15.2. The van der Waals surface area contributed by atoms with E-state index in [2.05, 4.69) is 9.71 Å². The van der Waals surface area contributed by atoms with E-state index in [9.17, 15) is 8.60 Å². The molecule has 2 atom stereocenters. The van der Waals surface area contributed by atoms with E-state index in [4.69, 9.17) is 5.26 Å². The summed E-state index contributed by atoms with van der Waals surface area (Å²) in [5.74, 6) is -0.605. The molecular formula is C17H21FN4OS. The van der Waals surface area contributed by atoms with Crippen LogP contribution in [-0.4, -0.2) is 18.5 Å². The van der Waals surface area contributed by atoms with Crippen LogP contribution < -0.4 is 4.72 Å². The number of aryl methyl sites for hydroxylation is 1. The third kappa shape index (κ3) is 3.40. The standard InChI is InChI=1S/C17H21FN4OS/c1-16(2,3)24(23)21-17(4,15-10-20-11-22(15)5)13-7-6-12(9-19)14(18)8-13/h6-8,10-11,21H,1-5H3. The second kappa shape index (κ2) is 6.46. The van der Waals surface area contributed by atoms with Crippen molar-refractivity contribution in [1.82, 2.24) is 14.3 Å². The molecule has 24 heavy (non-hydrogen) atoms. The summed E-state index contributed by atoms with van der Waals surface area (Å²) < 4.78 is 31.3. The van der Waals surface area contributed by atoms with Crippen molar-refractivity contribution >= 4 is 11.0 Å². The number of nitrogens with one attached hydrogen (secondary N) is 1. The molecule has 1 N–H and O–H groups in total. The van der Waals surface area contributed by atoms with Crippen molar-refractivity contribution < 1.29 is 8.60 Å². The predicted molar refractivity (Wildman–Crippen MR) is 91.8 cm³/mol. The fraction of sp³-hybridized carbons (Fsp3) is 0.412. The van der Waals surface area contributed by atoms with Gasteiger partial charge in [-0.05, 0) is 45.4 Å². The van der Waals surface area contributed by atoms with E-state index in [0.29, 0.717) is 5.56 Å². The fourth-order valence-corrected chi connectivity index (χ4v) is 3.25. The first-order chi connectivity index (χ1) is 11.1. The maximum Gasteiger partial charge on any atom is 0.141 e. The molecular weight excluding hydrogens is 327 g/mol. The number of hydrogen-bond acceptors (Lipinski definition) is 3. The van der Waals surface area contributed by atoms with Crippen molar-refractivity contribution in [3.05, 3.63) is 53.4 Å². The third-order valence-electron chi connectivity index (χ3n) is 3.85. The van der Waals surface area contributed by atoms with Crippen LogP contribution in [0.15, 0.2) is 30.7 Å². The summed E-state index contributed by atoms with van der Waals surface area (Å²) in [7, 11) is 0.429. The van der Waals surface area contributed by atoms with E-state index in [0.717, 1.165) is 5.69 Å². The molecule has 0 aliphatic rings. The molecule has 0 fully saturated rings. The van der Waals surface area contributed by atoms with Gasteiger partial charge in [0, 0.05) is 7.05 Å². The molecule has 0 bridgehead atoms. The molecule has 1 heterocycles. The van der Waals surface area contributed by atoms with Gasteiger partial charge in [0.2, 0.25) is 0 Å². The molecule has 1 aromatic carbocycles. The number of benzene rings is 1. The first-order valence-electron chi connectivity index (χ1n) is 7.46. The predicted octanol–water partition coefficient (Wildman–Crippen LogP) is 2.75. The van der Waals surface area contributed by atoms with Crippen molar-refractivity contribution in [2.24, 2.45) is 7.05 Å². The zero-order valence-electron chi connectivity index (χ0n) is 14.4. The van der Waals surface area contributed by atoms with Gasteiger partial charge in [-0.1, -0.05) is 6.07 Å². The van der Waals surface area contributed by atoms with Gasteiger partial charge in [-0.2, -0.15) is 5.26 Å². The van der Waals surface area contributed by atoms with Gasteiger partial charge in [0.05, 0.1) is 45.1 Å². The summed E-state index contributed by atoms with van der Waals surface area (Å²) in [6.07, 6.45) is 3.29. The molecule has 2 unspecified atom stereocenters. The van der Waals surface area contributed by atoms with Crippen LogP contribution in [-0.2, 0) is 23.6 Å². The van der Waals surface area contributed by atoms with Crippen molar-refractivity contribution in [2.75, 3.05) is 0 Å². The van der Waals surface area contributed by atoms with Crippen molar-refractivity contribution in [3.63, 3.8) is 0 Å². The lowest BCUT2D eigenvalue weighted by molar-refractivity contribution is 0.489. The van der Waals surface area contributed by atoms with Crippen LogP contribution in [0.4, 0.5) is 4.39 Å². The zero-order chi connectivity index (χ0) is 18.1. The molecule has 1 aromatic heterocycles. The van der Waals surface area contributed by atoms with Gasteiger partial charge < -0.3 is 4.57 Å². The summed E-state index contributed by atoms with van der Waals surface area (Å²) in [5.41, 5.74) is 0.352. The summed E-state index contributed by atoms with van der Waals surface area (Å²) in [5, 5.41) is 8.92. The Kier molecular flexibility index (Phi) is 4.92. The van der Waals surface area contributed by atoms with Gasteiger partial charge in [0.1, 0.15) is 11.9 Å². The van der Waals surface area contributed by atoms with Crippen LogP contribution in [0.25, 0.3) is 0 Å². The van der Waals surface area contributed by atoms with Crippen molar-refractivity contribution in [2.45, 2.75) is 38.0 Å². The SMILES string of the molecule is Cn1cncc1C(C)(NS(=O)C(C)(C)C)c1ccc(C#N)c(F)c1. The first kappa shape index (κ1) is 18.3. The average molecular weight is 348 g/mol. The van der Waals surface area contributed by atoms with Crippen LogP contribution in [0.1, 0.15) is 44.5 Å². The molecule has 5 nitrogen and oxygen atoms in total. The van der Waals surface area contributed by atoms with Gasteiger partial charge in [-0.25, -0.2) is 18.3 Å². The first-order valence-corrected chi connectivity index (χ1v) is 8.61. The largest absolute Gasteiger partial charge is 0.336 e. The molecule has 128 valence electrons. The number of aromatic nitrogens is 2. The second-order valence-corrected chi connectivity index (χ2v) is 8.77. The lowest BCUT2D eigenvalue weighted by Crippen LogP contribution is -2.47. The molecule has 0 saturated carbocycles. The number of imidazole rings is 1. The fourth-order valence-electron chi connectivity index (χ4n) is 2.35. The topological polar surface area (TPSA) is 70.7 Å². The smallest absolute Gasteiger partial charge is 0.141 e. The van der Waals surface area contributed by atoms with E-state index in [1.807, 2.05) is 40.8 Å². The van der Waals surface area contributed by atoms with E-state index in [1.165, 1.54) is 12.1 Å². The number of halogens is 1. The third-order valence-corrected chi connectivity index (χ3v) is 5.55. The van der Waals surface area contributed by atoms with Gasteiger partial charge in [0.15, 0.2) is 0 Å². The van der Waals surface area contributed by atoms with E-state index < -0.39 is 27.1 Å². The lowest BCUT2D eigenvalue weighted by Gasteiger charge is -2.34. The minimum Gasteiger partial charge on any atom is -0.336 e. The molecule has 2 rings (SSSR count). The molecule has 0 amide bonds. The highest BCUT2D eigenvalue weighted by Gasteiger charge is 2.36. The van der Waals surface area contributed by atoms with Crippen LogP contribution >= 0.6 is 0 Å². The molecule has 0 spiro atoms. The van der Waals surface area contributed by atoms with Crippen LogP contribution in [0.5, 0.6) is 0 Å². The minimum atomic E-state index is -1.39. The van der Waals surface area contributed by atoms with Crippen molar-refractivity contribution in [1.29, 1.82) is 5.26 Å². The highest BCUT2D eigenvalue weighted by molar-refractivity contribution is 7.84. The van der Waals surface area contributed by atoms with E-state index in [1.54, 1.807) is 23.2 Å². The van der Waals surface area contributed by atoms with Gasteiger partial charge in [-0.15, -0.1) is 0 Å². The van der Waals surface area contributed by atoms with Crippen LogP contribution in [0, 0.1) is 17.1 Å². The minimum absolute atomic E-state index is 0.0250. The van der Waals surface area contributed by atoms with Crippen LogP contribution in [0.3, 0.4) is 0 Å². The Bertz CT molecular complexity index is 819. The molecule has 0 aliphatic heterocycles. The second-order valence-electron chi connectivity index (χ2n) is 6.80. The molecule has 2 aromatic rings. The van der Waals surface area contributed by atoms with Crippen LogP contribution in [0.2, 0.25) is 0 Å². The van der Waals surface area contributed by atoms with E-state index in [-0.39, 0.29) is 5.56 Å². The lowest BCUT2D eigenvalue weighted by atomic mass is 9.89. The van der Waals surface area contributed by atoms with Gasteiger partial charge >= 0.3 is 0 Å². The monoisotopic (exact) mass is 348 g/mol. The molecule has 7 heteroatoms. The summed E-state index contributed by atoms with van der Waals surface area (Å²) in [6, 6.07) is 6.22. The number of rotatable bonds is 4. The Morgan fingerprint density at radius 1 is 1.33 bits per heavy atom. The number of nitrogens with zero attached hydrogens (tertiary/aromatic N) is 3. The molecule has 0 aliphatic carbocycles. The molecule has 0 saturated heterocycles. The Hall–Kier alpha value is -2.04. The highest BCUT2D eigenvalue weighted by Crippen LogP contribution is 2.31. The maximum atomic E-state index is 14.1. The summed E-state index contributed by atoms with van der Waals surface area (Å²) >= 11 is 0. The number of nitriles is 1. The normalized spacial score (nSPS) is 15.5. The average Bonchev–Trinajstić information content (AvgIpc) is 2.92. The quantitative estimate of drug-likeness (QED) is 0.923. The highest BCUT2D eigenvalue weighted by atomic mass is 32.2. The maximum absolute atomic E-state index is 14.1. The Labute approximate surface area is 144 Å². The summed E-state index contributed by atoms with van der Waals surface area (Å²) in [6.45, 7) is 7.41.